The third-order valence-corrected chi connectivity index (χ3v) is 4.82. The molecule has 2 aromatic heterocycles. The summed E-state index contributed by atoms with van der Waals surface area (Å²) in [7, 11) is 3.95. The molecule has 2 heterocycles. The Morgan fingerprint density at radius 1 is 1.35 bits per heavy atom. The second kappa shape index (κ2) is 7.44. The highest BCUT2D eigenvalue weighted by Gasteiger charge is 2.06. The molecule has 0 bridgehead atoms. The number of rotatable bonds is 7. The highest BCUT2D eigenvalue weighted by molar-refractivity contribution is 8.00. The van der Waals surface area contributed by atoms with E-state index in [1.54, 1.807) is 23.1 Å². The van der Waals surface area contributed by atoms with Gasteiger partial charge in [-0.05, 0) is 24.1 Å². The van der Waals surface area contributed by atoms with Gasteiger partial charge in [-0.25, -0.2) is 4.98 Å². The predicted molar refractivity (Wildman–Crippen MR) is 86.8 cm³/mol. The van der Waals surface area contributed by atoms with Crippen LogP contribution in [0.3, 0.4) is 0 Å². The van der Waals surface area contributed by atoms with Gasteiger partial charge in [0, 0.05) is 32.6 Å². The van der Waals surface area contributed by atoms with Crippen molar-refractivity contribution in [2.75, 3.05) is 30.9 Å². The highest BCUT2D eigenvalue weighted by atomic mass is 32.2. The lowest BCUT2D eigenvalue weighted by atomic mass is 10.3. The van der Waals surface area contributed by atoms with Gasteiger partial charge in [-0.15, -0.1) is 10.2 Å². The summed E-state index contributed by atoms with van der Waals surface area (Å²) in [5.41, 5.74) is 1.24. The number of hydrogen-bond acceptors (Lipinski definition) is 7. The van der Waals surface area contributed by atoms with Crippen LogP contribution in [0.15, 0.2) is 22.7 Å². The molecule has 7 heteroatoms. The number of thioether (sulfide) groups is 1. The van der Waals surface area contributed by atoms with Crippen LogP contribution in [0.2, 0.25) is 0 Å². The van der Waals surface area contributed by atoms with Crippen LogP contribution >= 0.6 is 23.1 Å². The molecule has 0 atom stereocenters. The van der Waals surface area contributed by atoms with Crippen LogP contribution < -0.4 is 10.2 Å². The summed E-state index contributed by atoms with van der Waals surface area (Å²) < 4.78 is 0.994. The number of hydrogen-bond donors (Lipinski definition) is 1. The van der Waals surface area contributed by atoms with Crippen molar-refractivity contribution >= 4 is 34.0 Å². The van der Waals surface area contributed by atoms with E-state index < -0.39 is 0 Å². The SMILES string of the molecule is CCCNc1cc(CSc2nnc(N(C)C)s2)ccn1. The largest absolute Gasteiger partial charge is 0.370 e. The molecular formula is C13H19N5S2. The van der Waals surface area contributed by atoms with Crippen LogP contribution in [-0.4, -0.2) is 35.8 Å². The van der Waals surface area contributed by atoms with E-state index in [0.29, 0.717) is 0 Å². The molecule has 1 N–H and O–H groups in total. The molecule has 0 aromatic carbocycles. The van der Waals surface area contributed by atoms with Crippen molar-refractivity contribution in [3.63, 3.8) is 0 Å². The van der Waals surface area contributed by atoms with E-state index in [-0.39, 0.29) is 0 Å². The fourth-order valence-electron chi connectivity index (χ4n) is 1.50. The lowest BCUT2D eigenvalue weighted by Crippen LogP contribution is -2.07. The molecule has 0 aliphatic rings. The molecule has 5 nitrogen and oxygen atoms in total. The number of pyridine rings is 1. The summed E-state index contributed by atoms with van der Waals surface area (Å²) in [6.07, 6.45) is 2.94. The monoisotopic (exact) mass is 309 g/mol. The molecule has 0 amide bonds. The normalized spacial score (nSPS) is 10.6. The average Bonchev–Trinajstić information content (AvgIpc) is 2.92. The quantitative estimate of drug-likeness (QED) is 0.793. The van der Waals surface area contributed by atoms with Gasteiger partial charge in [0.25, 0.3) is 0 Å². The minimum atomic E-state index is 0.880. The van der Waals surface area contributed by atoms with Crippen molar-refractivity contribution in [3.8, 4) is 0 Å². The second-order valence-corrected chi connectivity index (χ2v) is 6.69. The molecule has 0 aliphatic carbocycles. The van der Waals surface area contributed by atoms with Crippen molar-refractivity contribution in [2.24, 2.45) is 0 Å². The average molecular weight is 309 g/mol. The molecule has 0 fully saturated rings. The zero-order chi connectivity index (χ0) is 14.4. The Morgan fingerprint density at radius 3 is 2.90 bits per heavy atom. The van der Waals surface area contributed by atoms with Crippen LogP contribution in [0, 0.1) is 0 Å². The van der Waals surface area contributed by atoms with Crippen molar-refractivity contribution in [3.05, 3.63) is 23.9 Å². The number of aromatic nitrogens is 3. The Morgan fingerprint density at radius 2 is 2.20 bits per heavy atom. The van der Waals surface area contributed by atoms with Gasteiger partial charge >= 0.3 is 0 Å². The molecule has 0 radical (unpaired) electrons. The summed E-state index contributed by atoms with van der Waals surface area (Å²) in [4.78, 5) is 6.28. The van der Waals surface area contributed by atoms with Crippen LogP contribution in [0.1, 0.15) is 18.9 Å². The van der Waals surface area contributed by atoms with Gasteiger partial charge in [0.15, 0.2) is 4.34 Å². The van der Waals surface area contributed by atoms with Gasteiger partial charge in [0.05, 0.1) is 0 Å². The molecule has 0 aliphatic heterocycles. The molecule has 0 saturated carbocycles. The van der Waals surface area contributed by atoms with Gasteiger partial charge in [-0.3, -0.25) is 0 Å². The molecule has 0 spiro atoms. The summed E-state index contributed by atoms with van der Waals surface area (Å²) in [5.74, 6) is 1.82. The molecule has 108 valence electrons. The minimum Gasteiger partial charge on any atom is -0.370 e. The molecular weight excluding hydrogens is 290 g/mol. The Balaban J connectivity index is 1.92. The summed E-state index contributed by atoms with van der Waals surface area (Å²) in [6.45, 7) is 3.09. The Bertz CT molecular complexity index is 541. The first kappa shape index (κ1) is 15.1. The molecule has 0 unspecified atom stereocenters. The van der Waals surface area contributed by atoms with E-state index in [2.05, 4.69) is 33.5 Å². The van der Waals surface area contributed by atoms with Crippen LogP contribution in [0.5, 0.6) is 0 Å². The van der Waals surface area contributed by atoms with Gasteiger partial charge < -0.3 is 10.2 Å². The Hall–Kier alpha value is -1.34. The first-order valence-corrected chi connectivity index (χ1v) is 8.31. The van der Waals surface area contributed by atoms with E-state index in [4.69, 9.17) is 0 Å². The van der Waals surface area contributed by atoms with Crippen LogP contribution in [0.4, 0.5) is 10.9 Å². The Kier molecular flexibility index (Phi) is 5.60. The maximum Gasteiger partial charge on any atom is 0.208 e. The zero-order valence-electron chi connectivity index (χ0n) is 12.0. The first-order chi connectivity index (χ1) is 9.69. The van der Waals surface area contributed by atoms with Crippen molar-refractivity contribution in [2.45, 2.75) is 23.4 Å². The van der Waals surface area contributed by atoms with E-state index in [1.165, 1.54) is 5.56 Å². The van der Waals surface area contributed by atoms with Crippen molar-refractivity contribution < 1.29 is 0 Å². The standard InChI is InChI=1S/C13H19N5S2/c1-4-6-14-11-8-10(5-7-15-11)9-19-13-17-16-12(20-13)18(2)3/h5,7-8H,4,6,9H2,1-3H3,(H,14,15). The molecule has 20 heavy (non-hydrogen) atoms. The van der Waals surface area contributed by atoms with Gasteiger partial charge in [0.2, 0.25) is 5.13 Å². The highest BCUT2D eigenvalue weighted by Crippen LogP contribution is 2.29. The predicted octanol–water partition coefficient (Wildman–Crippen LogP) is 3.11. The van der Waals surface area contributed by atoms with E-state index in [9.17, 15) is 0 Å². The number of nitrogens with one attached hydrogen (secondary N) is 1. The van der Waals surface area contributed by atoms with Crippen LogP contribution in [0.25, 0.3) is 0 Å². The Labute approximate surface area is 127 Å². The second-order valence-electron chi connectivity index (χ2n) is 4.51. The molecule has 0 saturated heterocycles. The molecule has 2 aromatic rings. The van der Waals surface area contributed by atoms with E-state index in [0.717, 1.165) is 34.0 Å². The fourth-order valence-corrected chi connectivity index (χ4v) is 3.21. The van der Waals surface area contributed by atoms with E-state index >= 15 is 0 Å². The van der Waals surface area contributed by atoms with Crippen molar-refractivity contribution in [1.29, 1.82) is 0 Å². The maximum absolute atomic E-state index is 4.31. The molecule has 2 rings (SSSR count). The topological polar surface area (TPSA) is 53.9 Å². The third kappa shape index (κ3) is 4.35. The fraction of sp³-hybridized carbons (Fsp3) is 0.462. The lowest BCUT2D eigenvalue weighted by molar-refractivity contribution is 0.967. The summed E-state index contributed by atoms with van der Waals surface area (Å²) in [6, 6.07) is 4.13. The summed E-state index contributed by atoms with van der Waals surface area (Å²) >= 11 is 3.32. The minimum absolute atomic E-state index is 0.880. The number of nitrogens with zero attached hydrogens (tertiary/aromatic N) is 4. The zero-order valence-corrected chi connectivity index (χ0v) is 13.6. The maximum atomic E-state index is 4.31. The first-order valence-electron chi connectivity index (χ1n) is 6.51. The number of anilines is 2. The lowest BCUT2D eigenvalue weighted by Gasteiger charge is -2.05. The van der Waals surface area contributed by atoms with E-state index in [1.807, 2.05) is 31.3 Å². The summed E-state index contributed by atoms with van der Waals surface area (Å²) in [5, 5.41) is 12.6. The van der Waals surface area contributed by atoms with Gasteiger partial charge in [-0.2, -0.15) is 0 Å². The van der Waals surface area contributed by atoms with Gasteiger partial charge in [-0.1, -0.05) is 30.0 Å². The van der Waals surface area contributed by atoms with Gasteiger partial charge in [0.1, 0.15) is 5.82 Å². The third-order valence-electron chi connectivity index (χ3n) is 2.52. The van der Waals surface area contributed by atoms with Crippen LogP contribution in [-0.2, 0) is 5.75 Å². The smallest absolute Gasteiger partial charge is 0.208 e. The van der Waals surface area contributed by atoms with Crippen molar-refractivity contribution in [1.82, 2.24) is 15.2 Å².